The van der Waals surface area contributed by atoms with Crippen LogP contribution in [-0.4, -0.2) is 24.4 Å². The third-order valence-electron chi connectivity index (χ3n) is 2.67. The maximum atomic E-state index is 10.7. The van der Waals surface area contributed by atoms with Crippen molar-refractivity contribution in [2.75, 3.05) is 19.5 Å². The first-order valence-corrected chi connectivity index (χ1v) is 6.31. The Kier molecular flexibility index (Phi) is 5.77. The van der Waals surface area contributed by atoms with Crippen molar-refractivity contribution in [1.82, 2.24) is 0 Å². The van der Waals surface area contributed by atoms with Gasteiger partial charge in [-0.15, -0.1) is 0 Å². The molecule has 0 heterocycles. The number of hydrogen-bond acceptors (Lipinski definition) is 5. The molecule has 0 saturated carbocycles. The third kappa shape index (κ3) is 3.80. The van der Waals surface area contributed by atoms with Crippen molar-refractivity contribution >= 4 is 18.3 Å². The molecule has 0 saturated heterocycles. The molecule has 1 aromatic carbocycles. The van der Waals surface area contributed by atoms with E-state index in [0.717, 1.165) is 6.42 Å². The average molecular weight is 271 g/mol. The number of nitro groups is 1. The van der Waals surface area contributed by atoms with Crippen LogP contribution in [0.5, 0.6) is 11.5 Å². The Hall–Kier alpha value is -1.43. The number of methoxy groups -OCH3 is 1. The fraction of sp³-hybridized carbons (Fsp3) is 0.500. The van der Waals surface area contributed by atoms with Gasteiger partial charge in [-0.25, -0.2) is 0 Å². The Morgan fingerprint density at radius 1 is 1.44 bits per heavy atom. The molecular weight excluding hydrogens is 254 g/mol. The smallest absolute Gasteiger partial charge is 0.273 e. The van der Waals surface area contributed by atoms with Crippen molar-refractivity contribution in [3.8, 4) is 11.5 Å². The predicted octanol–water partition coefficient (Wildman–Crippen LogP) is 2.94. The minimum atomic E-state index is -0.456. The molecule has 0 aliphatic heterocycles. The van der Waals surface area contributed by atoms with Gasteiger partial charge in [-0.2, -0.15) is 12.6 Å². The number of hydrogen-bond donors (Lipinski definition) is 1. The Morgan fingerprint density at radius 3 is 2.67 bits per heavy atom. The Balaban J connectivity index is 2.84. The highest BCUT2D eigenvalue weighted by Crippen LogP contribution is 2.31. The van der Waals surface area contributed by atoms with E-state index in [1.807, 2.05) is 0 Å². The molecule has 0 aromatic heterocycles. The topological polar surface area (TPSA) is 61.6 Å². The summed E-state index contributed by atoms with van der Waals surface area (Å²) in [6.45, 7) is 2.52. The highest BCUT2D eigenvalue weighted by molar-refractivity contribution is 7.80. The number of benzene rings is 1. The zero-order valence-electron chi connectivity index (χ0n) is 10.5. The van der Waals surface area contributed by atoms with Gasteiger partial charge >= 0.3 is 0 Å². The van der Waals surface area contributed by atoms with Gasteiger partial charge in [0.1, 0.15) is 0 Å². The molecule has 6 heteroatoms. The van der Waals surface area contributed by atoms with Gasteiger partial charge in [0.25, 0.3) is 5.69 Å². The van der Waals surface area contributed by atoms with Crippen molar-refractivity contribution in [3.63, 3.8) is 0 Å². The second kappa shape index (κ2) is 7.10. The van der Waals surface area contributed by atoms with Gasteiger partial charge in [-0.3, -0.25) is 10.1 Å². The van der Waals surface area contributed by atoms with E-state index in [0.29, 0.717) is 29.8 Å². The van der Waals surface area contributed by atoms with Gasteiger partial charge in [0.05, 0.1) is 24.7 Å². The highest BCUT2D eigenvalue weighted by atomic mass is 32.1. The maximum Gasteiger partial charge on any atom is 0.273 e. The van der Waals surface area contributed by atoms with Crippen molar-refractivity contribution in [1.29, 1.82) is 0 Å². The van der Waals surface area contributed by atoms with E-state index in [1.165, 1.54) is 25.3 Å². The molecule has 1 aromatic rings. The summed E-state index contributed by atoms with van der Waals surface area (Å²) in [5.41, 5.74) is -0.00952. The predicted molar refractivity (Wildman–Crippen MR) is 72.8 cm³/mol. The first-order valence-electron chi connectivity index (χ1n) is 5.68. The van der Waals surface area contributed by atoms with Crippen molar-refractivity contribution in [3.05, 3.63) is 28.3 Å². The van der Waals surface area contributed by atoms with Crippen LogP contribution < -0.4 is 9.47 Å². The molecule has 0 N–H and O–H groups in total. The summed E-state index contributed by atoms with van der Waals surface area (Å²) >= 11 is 4.22. The second-order valence-corrected chi connectivity index (χ2v) is 4.23. The summed E-state index contributed by atoms with van der Waals surface area (Å²) in [6, 6.07) is 4.31. The van der Waals surface area contributed by atoms with E-state index in [-0.39, 0.29) is 5.69 Å². The molecule has 1 unspecified atom stereocenters. The molecule has 1 atom stereocenters. The van der Waals surface area contributed by atoms with Crippen molar-refractivity contribution in [2.45, 2.75) is 13.3 Å². The summed E-state index contributed by atoms with van der Waals surface area (Å²) < 4.78 is 10.7. The lowest BCUT2D eigenvalue weighted by atomic mass is 10.1. The standard InChI is InChI=1S/C12H17NO4S/c1-3-9(8-18)7-17-12-6-10(13(14)15)4-5-11(12)16-2/h4-6,9,18H,3,7-8H2,1-2H3. The maximum absolute atomic E-state index is 10.7. The van der Waals surface area contributed by atoms with Crippen LogP contribution >= 0.6 is 12.6 Å². The fourth-order valence-corrected chi connectivity index (χ4v) is 1.76. The summed E-state index contributed by atoms with van der Waals surface area (Å²) in [6.07, 6.45) is 0.945. The van der Waals surface area contributed by atoms with Crippen LogP contribution in [0.3, 0.4) is 0 Å². The number of ether oxygens (including phenoxy) is 2. The Labute approximate surface area is 112 Å². The summed E-state index contributed by atoms with van der Waals surface area (Å²) in [5, 5.41) is 10.7. The van der Waals surface area contributed by atoms with Crippen LogP contribution in [0.15, 0.2) is 18.2 Å². The van der Waals surface area contributed by atoms with E-state index >= 15 is 0 Å². The van der Waals surface area contributed by atoms with Crippen LogP contribution in [0.4, 0.5) is 5.69 Å². The number of rotatable bonds is 7. The van der Waals surface area contributed by atoms with Crippen LogP contribution in [0.1, 0.15) is 13.3 Å². The monoisotopic (exact) mass is 271 g/mol. The molecule has 0 aliphatic rings. The summed E-state index contributed by atoms with van der Waals surface area (Å²) in [7, 11) is 1.50. The summed E-state index contributed by atoms with van der Waals surface area (Å²) in [5.74, 6) is 1.92. The molecule has 0 radical (unpaired) electrons. The van der Waals surface area contributed by atoms with Gasteiger partial charge in [-0.05, 0) is 18.2 Å². The minimum Gasteiger partial charge on any atom is -0.493 e. The molecule has 0 bridgehead atoms. The number of nitro benzene ring substituents is 1. The van der Waals surface area contributed by atoms with Crippen molar-refractivity contribution < 1.29 is 14.4 Å². The van der Waals surface area contributed by atoms with Gasteiger partial charge in [-0.1, -0.05) is 6.92 Å². The molecule has 0 amide bonds. The molecule has 5 nitrogen and oxygen atoms in total. The van der Waals surface area contributed by atoms with E-state index in [2.05, 4.69) is 19.6 Å². The van der Waals surface area contributed by atoms with Gasteiger partial charge < -0.3 is 9.47 Å². The van der Waals surface area contributed by atoms with E-state index < -0.39 is 4.92 Å². The lowest BCUT2D eigenvalue weighted by molar-refractivity contribution is -0.385. The second-order valence-electron chi connectivity index (χ2n) is 3.86. The minimum absolute atomic E-state index is 0.00952. The Bertz CT molecular complexity index is 407. The number of nitrogens with zero attached hydrogens (tertiary/aromatic N) is 1. The first-order chi connectivity index (χ1) is 8.62. The lowest BCUT2D eigenvalue weighted by Gasteiger charge is -2.15. The molecule has 100 valence electrons. The Morgan fingerprint density at radius 2 is 2.17 bits per heavy atom. The van der Waals surface area contributed by atoms with Gasteiger partial charge in [0, 0.05) is 12.0 Å². The summed E-state index contributed by atoms with van der Waals surface area (Å²) in [4.78, 5) is 10.2. The molecule has 0 aliphatic carbocycles. The SMILES string of the molecule is CCC(CS)COc1cc([N+](=O)[O-])ccc1OC. The van der Waals surface area contributed by atoms with Crippen LogP contribution in [0.2, 0.25) is 0 Å². The lowest BCUT2D eigenvalue weighted by Crippen LogP contribution is -2.13. The van der Waals surface area contributed by atoms with Crippen molar-refractivity contribution in [2.24, 2.45) is 5.92 Å². The van der Waals surface area contributed by atoms with E-state index in [1.54, 1.807) is 0 Å². The van der Waals surface area contributed by atoms with Crippen LogP contribution in [-0.2, 0) is 0 Å². The van der Waals surface area contributed by atoms with E-state index in [4.69, 9.17) is 9.47 Å². The van der Waals surface area contributed by atoms with E-state index in [9.17, 15) is 10.1 Å². The highest BCUT2D eigenvalue weighted by Gasteiger charge is 2.14. The molecule has 0 spiro atoms. The average Bonchev–Trinajstić information content (AvgIpc) is 2.39. The normalized spacial score (nSPS) is 11.9. The number of thiol groups is 1. The first kappa shape index (κ1) is 14.6. The zero-order chi connectivity index (χ0) is 13.5. The van der Waals surface area contributed by atoms with Crippen LogP contribution in [0.25, 0.3) is 0 Å². The molecule has 1 rings (SSSR count). The fourth-order valence-electron chi connectivity index (χ4n) is 1.40. The quantitative estimate of drug-likeness (QED) is 0.470. The third-order valence-corrected chi connectivity index (χ3v) is 3.18. The zero-order valence-corrected chi connectivity index (χ0v) is 11.4. The van der Waals surface area contributed by atoms with Gasteiger partial charge in [0.2, 0.25) is 0 Å². The van der Waals surface area contributed by atoms with Crippen LogP contribution in [0, 0.1) is 16.0 Å². The molecule has 0 fully saturated rings. The molecule has 18 heavy (non-hydrogen) atoms. The largest absolute Gasteiger partial charge is 0.493 e. The van der Waals surface area contributed by atoms with Gasteiger partial charge in [0.15, 0.2) is 11.5 Å². The number of non-ortho nitro benzene ring substituents is 1. The molecular formula is C12H17NO4S.